The predicted molar refractivity (Wildman–Crippen MR) is 86.6 cm³/mol. The molecule has 0 saturated carbocycles. The summed E-state index contributed by atoms with van der Waals surface area (Å²) in [5.41, 5.74) is 3.19. The van der Waals surface area contributed by atoms with E-state index in [4.69, 9.17) is 8.94 Å². The second-order valence-corrected chi connectivity index (χ2v) is 5.51. The molecular formula is C17H15N5O2. The quantitative estimate of drug-likeness (QED) is 0.574. The van der Waals surface area contributed by atoms with E-state index in [0.717, 1.165) is 17.0 Å². The average Bonchev–Trinajstić information content (AvgIpc) is 3.26. The summed E-state index contributed by atoms with van der Waals surface area (Å²) in [6.07, 6.45) is 0. The molecule has 7 nitrogen and oxygen atoms in total. The van der Waals surface area contributed by atoms with Gasteiger partial charge in [0, 0.05) is 18.2 Å². The van der Waals surface area contributed by atoms with Crippen LogP contribution in [0.4, 0.5) is 0 Å². The summed E-state index contributed by atoms with van der Waals surface area (Å²) in [7, 11) is 0. The maximum atomic E-state index is 6.01. The van der Waals surface area contributed by atoms with Crippen LogP contribution in [0.15, 0.2) is 45.3 Å². The minimum Gasteiger partial charge on any atom is -0.417 e. The average molecular weight is 321 g/mol. The Morgan fingerprint density at radius 2 is 1.79 bits per heavy atom. The standard InChI is InChI=1S/C17H15N5O2/c1-10-9-11(2)22(20-10)17-14(15-18-12(3)24-21-15)19-16(23-17)13-7-5-4-6-8-13/h4-9H,1-3H3. The number of hydrogen-bond donors (Lipinski definition) is 0. The van der Waals surface area contributed by atoms with Gasteiger partial charge in [0.1, 0.15) is 0 Å². The maximum Gasteiger partial charge on any atom is 0.252 e. The zero-order valence-electron chi connectivity index (χ0n) is 13.5. The van der Waals surface area contributed by atoms with Crippen molar-refractivity contribution in [2.24, 2.45) is 0 Å². The van der Waals surface area contributed by atoms with E-state index in [9.17, 15) is 0 Å². The zero-order valence-corrected chi connectivity index (χ0v) is 13.5. The van der Waals surface area contributed by atoms with Crippen molar-refractivity contribution in [2.75, 3.05) is 0 Å². The van der Waals surface area contributed by atoms with Gasteiger partial charge in [-0.05, 0) is 32.0 Å². The fourth-order valence-electron chi connectivity index (χ4n) is 2.54. The van der Waals surface area contributed by atoms with Gasteiger partial charge in [-0.3, -0.25) is 0 Å². The van der Waals surface area contributed by atoms with E-state index in [0.29, 0.717) is 29.2 Å². The Morgan fingerprint density at radius 1 is 1.00 bits per heavy atom. The third kappa shape index (κ3) is 2.40. The molecule has 24 heavy (non-hydrogen) atoms. The Bertz CT molecular complexity index is 997. The molecular weight excluding hydrogens is 306 g/mol. The molecule has 0 atom stereocenters. The van der Waals surface area contributed by atoms with E-state index in [2.05, 4.69) is 20.2 Å². The first-order chi connectivity index (χ1) is 11.6. The van der Waals surface area contributed by atoms with Crippen LogP contribution in [0.3, 0.4) is 0 Å². The van der Waals surface area contributed by atoms with Crippen molar-refractivity contribution >= 4 is 0 Å². The van der Waals surface area contributed by atoms with Crippen LogP contribution >= 0.6 is 0 Å². The smallest absolute Gasteiger partial charge is 0.252 e. The van der Waals surface area contributed by atoms with E-state index in [1.807, 2.05) is 50.2 Å². The van der Waals surface area contributed by atoms with Crippen LogP contribution in [0.1, 0.15) is 17.3 Å². The number of nitrogens with zero attached hydrogens (tertiary/aromatic N) is 5. The molecule has 0 aliphatic rings. The van der Waals surface area contributed by atoms with Crippen molar-refractivity contribution in [1.82, 2.24) is 24.9 Å². The Labute approximate surface area is 138 Å². The maximum absolute atomic E-state index is 6.01. The number of oxazole rings is 1. The van der Waals surface area contributed by atoms with Gasteiger partial charge >= 0.3 is 0 Å². The van der Waals surface area contributed by atoms with Crippen molar-refractivity contribution in [3.05, 3.63) is 53.7 Å². The summed E-state index contributed by atoms with van der Waals surface area (Å²) < 4.78 is 12.8. The molecule has 0 amide bonds. The third-order valence-corrected chi connectivity index (χ3v) is 3.57. The number of benzene rings is 1. The minimum atomic E-state index is 0.376. The van der Waals surface area contributed by atoms with Crippen LogP contribution in [0.25, 0.3) is 28.9 Å². The van der Waals surface area contributed by atoms with Gasteiger partial charge in [-0.2, -0.15) is 10.1 Å². The van der Waals surface area contributed by atoms with Gasteiger partial charge in [-0.15, -0.1) is 0 Å². The molecule has 0 radical (unpaired) electrons. The van der Waals surface area contributed by atoms with E-state index >= 15 is 0 Å². The third-order valence-electron chi connectivity index (χ3n) is 3.57. The second kappa shape index (κ2) is 5.45. The highest BCUT2D eigenvalue weighted by Gasteiger charge is 2.23. The number of aryl methyl sites for hydroxylation is 3. The van der Waals surface area contributed by atoms with Crippen molar-refractivity contribution in [3.8, 4) is 28.9 Å². The van der Waals surface area contributed by atoms with Gasteiger partial charge in [-0.25, -0.2) is 9.67 Å². The molecule has 0 aliphatic heterocycles. The van der Waals surface area contributed by atoms with E-state index in [-0.39, 0.29) is 0 Å². The minimum absolute atomic E-state index is 0.376. The van der Waals surface area contributed by atoms with Crippen molar-refractivity contribution in [3.63, 3.8) is 0 Å². The van der Waals surface area contributed by atoms with Crippen LogP contribution in [0, 0.1) is 20.8 Å². The van der Waals surface area contributed by atoms with E-state index < -0.39 is 0 Å². The van der Waals surface area contributed by atoms with Crippen LogP contribution in [0.5, 0.6) is 0 Å². The summed E-state index contributed by atoms with van der Waals surface area (Å²) in [6.45, 7) is 5.61. The monoisotopic (exact) mass is 321 g/mol. The molecule has 4 aromatic rings. The lowest BCUT2D eigenvalue weighted by Gasteiger charge is -2.00. The molecule has 3 aromatic heterocycles. The van der Waals surface area contributed by atoms with Crippen molar-refractivity contribution < 1.29 is 8.94 Å². The Hall–Kier alpha value is -3.22. The SMILES string of the molecule is Cc1cc(C)n(-c2oc(-c3ccccc3)nc2-c2noc(C)n2)n1. The molecule has 0 fully saturated rings. The molecule has 0 N–H and O–H groups in total. The zero-order chi connectivity index (χ0) is 16.7. The molecule has 0 saturated heterocycles. The number of rotatable bonds is 3. The van der Waals surface area contributed by atoms with Gasteiger partial charge < -0.3 is 8.94 Å². The second-order valence-electron chi connectivity index (χ2n) is 5.51. The van der Waals surface area contributed by atoms with Gasteiger partial charge in [0.15, 0.2) is 5.69 Å². The highest BCUT2D eigenvalue weighted by Crippen LogP contribution is 2.30. The Balaban J connectivity index is 1.93. The fourth-order valence-corrected chi connectivity index (χ4v) is 2.54. The van der Waals surface area contributed by atoms with Crippen LogP contribution in [-0.4, -0.2) is 24.9 Å². The highest BCUT2D eigenvalue weighted by atomic mass is 16.5. The van der Waals surface area contributed by atoms with Crippen molar-refractivity contribution in [2.45, 2.75) is 20.8 Å². The summed E-state index contributed by atoms with van der Waals surface area (Å²) in [5.74, 6) is 1.80. The van der Waals surface area contributed by atoms with E-state index in [1.54, 1.807) is 11.6 Å². The van der Waals surface area contributed by atoms with Crippen LogP contribution in [-0.2, 0) is 0 Å². The summed E-state index contributed by atoms with van der Waals surface area (Å²) >= 11 is 0. The van der Waals surface area contributed by atoms with Gasteiger partial charge in [-0.1, -0.05) is 23.4 Å². The topological polar surface area (TPSA) is 82.8 Å². The first-order valence-electron chi connectivity index (χ1n) is 7.52. The molecule has 1 aromatic carbocycles. The van der Waals surface area contributed by atoms with Crippen molar-refractivity contribution in [1.29, 1.82) is 0 Å². The number of aromatic nitrogens is 5. The van der Waals surface area contributed by atoms with Gasteiger partial charge in [0.25, 0.3) is 5.88 Å². The molecule has 0 bridgehead atoms. The lowest BCUT2D eigenvalue weighted by Crippen LogP contribution is -2.00. The normalized spacial score (nSPS) is 11.1. The molecule has 3 heterocycles. The number of hydrogen-bond acceptors (Lipinski definition) is 6. The van der Waals surface area contributed by atoms with Crippen LogP contribution in [0.2, 0.25) is 0 Å². The molecule has 7 heteroatoms. The molecule has 0 unspecified atom stereocenters. The molecule has 120 valence electrons. The van der Waals surface area contributed by atoms with Gasteiger partial charge in [0.05, 0.1) is 5.69 Å². The predicted octanol–water partition coefficient (Wildman–Crippen LogP) is 3.50. The highest BCUT2D eigenvalue weighted by molar-refractivity contribution is 5.64. The van der Waals surface area contributed by atoms with Crippen LogP contribution < -0.4 is 0 Å². The lowest BCUT2D eigenvalue weighted by atomic mass is 10.2. The summed E-state index contributed by atoms with van der Waals surface area (Å²) in [6, 6.07) is 11.6. The molecule has 0 aliphatic carbocycles. The summed E-state index contributed by atoms with van der Waals surface area (Å²) in [4.78, 5) is 8.85. The van der Waals surface area contributed by atoms with E-state index in [1.165, 1.54) is 0 Å². The Kier molecular flexibility index (Phi) is 3.26. The fraction of sp³-hybridized carbons (Fsp3) is 0.176. The van der Waals surface area contributed by atoms with Gasteiger partial charge in [0.2, 0.25) is 17.6 Å². The summed E-state index contributed by atoms with van der Waals surface area (Å²) in [5, 5.41) is 8.44. The molecule has 4 rings (SSSR count). The first kappa shape index (κ1) is 14.4. The largest absolute Gasteiger partial charge is 0.417 e. The molecule has 0 spiro atoms. The lowest BCUT2D eigenvalue weighted by molar-refractivity contribution is 0.394. The first-order valence-corrected chi connectivity index (χ1v) is 7.52. The Morgan fingerprint density at radius 3 is 2.42 bits per heavy atom.